The second-order valence-corrected chi connectivity index (χ2v) is 6.18. The number of nitrogens with one attached hydrogen (secondary N) is 1. The molecule has 1 aliphatic rings. The van der Waals surface area contributed by atoms with Gasteiger partial charge in [-0.25, -0.2) is 0 Å². The highest BCUT2D eigenvalue weighted by molar-refractivity contribution is 6.34. The van der Waals surface area contributed by atoms with Crippen LogP contribution >= 0.6 is 11.6 Å². The zero-order valence-corrected chi connectivity index (χ0v) is 14.2. The van der Waals surface area contributed by atoms with Crippen molar-refractivity contribution in [3.8, 4) is 11.5 Å². The summed E-state index contributed by atoms with van der Waals surface area (Å²) < 4.78 is 11.2. The Labute approximate surface area is 145 Å². The topological polar surface area (TPSA) is 60.5 Å². The first-order valence-corrected chi connectivity index (χ1v) is 8.30. The highest BCUT2D eigenvalue weighted by Crippen LogP contribution is 2.37. The number of anilines is 1. The average molecular weight is 347 g/mol. The van der Waals surface area contributed by atoms with Gasteiger partial charge in [-0.3, -0.25) is 9.78 Å². The lowest BCUT2D eigenvalue weighted by molar-refractivity contribution is -0.116. The van der Waals surface area contributed by atoms with Gasteiger partial charge in [0.2, 0.25) is 5.91 Å². The summed E-state index contributed by atoms with van der Waals surface area (Å²) in [5, 5.41) is 3.29. The molecule has 1 atom stereocenters. The van der Waals surface area contributed by atoms with Gasteiger partial charge in [-0.15, -0.1) is 0 Å². The van der Waals surface area contributed by atoms with E-state index in [-0.39, 0.29) is 11.8 Å². The van der Waals surface area contributed by atoms with Gasteiger partial charge in [0.15, 0.2) is 11.5 Å². The van der Waals surface area contributed by atoms with Crippen molar-refractivity contribution in [1.82, 2.24) is 4.98 Å². The largest absolute Gasteiger partial charge is 0.490 e. The van der Waals surface area contributed by atoms with Gasteiger partial charge in [-0.2, -0.15) is 0 Å². The quantitative estimate of drug-likeness (QED) is 0.908. The Bertz CT molecular complexity index is 722. The van der Waals surface area contributed by atoms with Gasteiger partial charge in [-0.1, -0.05) is 24.6 Å². The molecule has 0 fully saturated rings. The molecule has 1 aliphatic heterocycles. The number of hydrogen-bond donors (Lipinski definition) is 1. The van der Waals surface area contributed by atoms with E-state index in [4.69, 9.17) is 21.1 Å². The molecule has 1 N–H and O–H groups in total. The predicted octanol–water partition coefficient (Wildman–Crippen LogP) is 4.03. The summed E-state index contributed by atoms with van der Waals surface area (Å²) in [6.07, 6.45) is 4.65. The SMILES string of the molecule is C[C@@H](CC(=O)Nc1cc2c(cc1Cl)OCCCO2)c1cccnc1. The van der Waals surface area contributed by atoms with Crippen molar-refractivity contribution >= 4 is 23.2 Å². The molecule has 0 saturated heterocycles. The van der Waals surface area contributed by atoms with E-state index in [1.165, 1.54) is 0 Å². The smallest absolute Gasteiger partial charge is 0.225 e. The minimum absolute atomic E-state index is 0.0675. The Morgan fingerprint density at radius 2 is 2.08 bits per heavy atom. The summed E-state index contributed by atoms with van der Waals surface area (Å²) in [6.45, 7) is 3.17. The average Bonchev–Trinajstić information content (AvgIpc) is 2.81. The molecular formula is C18H19ClN2O3. The molecule has 5 nitrogen and oxygen atoms in total. The Morgan fingerprint density at radius 3 is 2.79 bits per heavy atom. The minimum atomic E-state index is -0.109. The highest BCUT2D eigenvalue weighted by atomic mass is 35.5. The van der Waals surface area contributed by atoms with Crippen LogP contribution in [-0.4, -0.2) is 24.1 Å². The summed E-state index contributed by atoms with van der Waals surface area (Å²) in [5.74, 6) is 1.17. The van der Waals surface area contributed by atoms with E-state index in [1.54, 1.807) is 24.5 Å². The number of benzene rings is 1. The highest BCUT2D eigenvalue weighted by Gasteiger charge is 2.17. The summed E-state index contributed by atoms with van der Waals surface area (Å²) in [7, 11) is 0. The van der Waals surface area contributed by atoms with Gasteiger partial charge in [0, 0.05) is 37.4 Å². The van der Waals surface area contributed by atoms with Crippen molar-refractivity contribution in [2.45, 2.75) is 25.7 Å². The zero-order chi connectivity index (χ0) is 16.9. The number of amides is 1. The van der Waals surface area contributed by atoms with Crippen LogP contribution in [0.25, 0.3) is 0 Å². The molecule has 0 radical (unpaired) electrons. The third-order valence-corrected chi connectivity index (χ3v) is 4.17. The number of hydrogen-bond acceptors (Lipinski definition) is 4. The van der Waals surface area contributed by atoms with Crippen LogP contribution < -0.4 is 14.8 Å². The van der Waals surface area contributed by atoms with Crippen molar-refractivity contribution in [3.05, 3.63) is 47.2 Å². The first-order chi connectivity index (χ1) is 11.6. The number of aromatic nitrogens is 1. The van der Waals surface area contributed by atoms with Crippen LogP contribution in [0, 0.1) is 0 Å². The molecule has 2 heterocycles. The molecule has 126 valence electrons. The fourth-order valence-electron chi connectivity index (χ4n) is 2.54. The first kappa shape index (κ1) is 16.6. The molecule has 3 rings (SSSR count). The van der Waals surface area contributed by atoms with E-state index >= 15 is 0 Å². The van der Waals surface area contributed by atoms with Crippen molar-refractivity contribution < 1.29 is 14.3 Å². The molecule has 2 aromatic rings. The van der Waals surface area contributed by atoms with Gasteiger partial charge >= 0.3 is 0 Å². The van der Waals surface area contributed by atoms with E-state index < -0.39 is 0 Å². The van der Waals surface area contributed by atoms with E-state index in [0.717, 1.165) is 12.0 Å². The minimum Gasteiger partial charge on any atom is -0.490 e. The maximum absolute atomic E-state index is 12.3. The number of rotatable bonds is 4. The van der Waals surface area contributed by atoms with Gasteiger partial charge in [0.05, 0.1) is 23.9 Å². The number of halogens is 1. The van der Waals surface area contributed by atoms with Crippen LogP contribution in [0.2, 0.25) is 5.02 Å². The van der Waals surface area contributed by atoms with Crippen molar-refractivity contribution in [2.24, 2.45) is 0 Å². The van der Waals surface area contributed by atoms with Crippen molar-refractivity contribution in [3.63, 3.8) is 0 Å². The van der Waals surface area contributed by atoms with Gasteiger partial charge in [0.1, 0.15) is 0 Å². The molecule has 1 amide bonds. The molecule has 1 aromatic heterocycles. The van der Waals surface area contributed by atoms with E-state index in [0.29, 0.717) is 41.8 Å². The number of pyridine rings is 1. The number of ether oxygens (including phenoxy) is 2. The fourth-order valence-corrected chi connectivity index (χ4v) is 2.75. The molecule has 1 aromatic carbocycles. The maximum atomic E-state index is 12.3. The summed E-state index contributed by atoms with van der Waals surface area (Å²) >= 11 is 6.25. The Kier molecular flexibility index (Phi) is 5.20. The first-order valence-electron chi connectivity index (χ1n) is 7.92. The van der Waals surface area contributed by atoms with Crippen LogP contribution in [0.4, 0.5) is 5.69 Å². The van der Waals surface area contributed by atoms with Crippen LogP contribution in [0.3, 0.4) is 0 Å². The Balaban J connectivity index is 1.69. The standard InChI is InChI=1S/C18H19ClN2O3/c1-12(13-4-2-5-20-11-13)8-18(22)21-15-10-17-16(9-14(15)19)23-6-3-7-24-17/h2,4-5,9-12H,3,6-8H2,1H3,(H,21,22)/t12-/m0/s1. The number of carbonyl (C=O) groups is 1. The van der Waals surface area contributed by atoms with Gasteiger partial charge in [-0.05, 0) is 17.5 Å². The lowest BCUT2D eigenvalue weighted by Crippen LogP contribution is -2.15. The second kappa shape index (κ2) is 7.53. The third-order valence-electron chi connectivity index (χ3n) is 3.86. The molecule has 0 saturated carbocycles. The molecule has 0 aliphatic carbocycles. The van der Waals surface area contributed by atoms with Crippen molar-refractivity contribution in [1.29, 1.82) is 0 Å². The van der Waals surface area contributed by atoms with E-state index in [2.05, 4.69) is 10.3 Å². The number of fused-ring (bicyclic) bond motifs is 1. The van der Waals surface area contributed by atoms with Crippen molar-refractivity contribution in [2.75, 3.05) is 18.5 Å². The second-order valence-electron chi connectivity index (χ2n) is 5.77. The molecule has 0 bridgehead atoms. The molecule has 0 unspecified atom stereocenters. The monoisotopic (exact) mass is 346 g/mol. The van der Waals surface area contributed by atoms with Gasteiger partial charge in [0.25, 0.3) is 0 Å². The fraction of sp³-hybridized carbons (Fsp3) is 0.333. The third kappa shape index (κ3) is 3.97. The van der Waals surface area contributed by atoms with E-state index in [1.807, 2.05) is 19.1 Å². The van der Waals surface area contributed by atoms with Crippen LogP contribution in [0.15, 0.2) is 36.7 Å². The summed E-state index contributed by atoms with van der Waals surface area (Å²) in [4.78, 5) is 16.4. The lowest BCUT2D eigenvalue weighted by atomic mass is 9.99. The normalized spacial score (nSPS) is 14.6. The Hall–Kier alpha value is -2.27. The summed E-state index contributed by atoms with van der Waals surface area (Å²) in [5.41, 5.74) is 1.56. The molecule has 0 spiro atoms. The van der Waals surface area contributed by atoms with Crippen LogP contribution in [0.1, 0.15) is 31.2 Å². The predicted molar refractivity (Wildman–Crippen MR) is 93.0 cm³/mol. The Morgan fingerprint density at radius 1 is 1.33 bits per heavy atom. The molecular weight excluding hydrogens is 328 g/mol. The van der Waals surface area contributed by atoms with Crippen LogP contribution in [-0.2, 0) is 4.79 Å². The summed E-state index contributed by atoms with van der Waals surface area (Å²) in [6, 6.07) is 7.23. The number of carbonyl (C=O) groups excluding carboxylic acids is 1. The van der Waals surface area contributed by atoms with Crippen LogP contribution in [0.5, 0.6) is 11.5 Å². The maximum Gasteiger partial charge on any atom is 0.225 e. The van der Waals surface area contributed by atoms with Gasteiger partial charge < -0.3 is 14.8 Å². The van der Waals surface area contributed by atoms with E-state index in [9.17, 15) is 4.79 Å². The zero-order valence-electron chi connectivity index (χ0n) is 13.4. The molecule has 24 heavy (non-hydrogen) atoms. The lowest BCUT2D eigenvalue weighted by Gasteiger charge is -2.14. The number of nitrogens with zero attached hydrogens (tertiary/aromatic N) is 1. The molecule has 6 heteroatoms.